The third kappa shape index (κ3) is 3.71. The van der Waals surface area contributed by atoms with Gasteiger partial charge in [-0.2, -0.15) is 0 Å². The summed E-state index contributed by atoms with van der Waals surface area (Å²) in [5.41, 5.74) is 2.25. The Morgan fingerprint density at radius 2 is 1.90 bits per heavy atom. The number of fused-ring (bicyclic) bond motifs is 1. The molecule has 1 aliphatic rings. The summed E-state index contributed by atoms with van der Waals surface area (Å²) in [5, 5.41) is 11.9. The molecule has 3 aromatic rings. The first-order valence-electron chi connectivity index (χ1n) is 9.47. The SMILES string of the molecule is CC(=O)c1cc(Cl)c2cccnc2c1N1CCN(C(O)c2ccccc2F)CC1. The lowest BCUT2D eigenvalue weighted by Crippen LogP contribution is -2.48. The van der Waals surface area contributed by atoms with E-state index >= 15 is 0 Å². The van der Waals surface area contributed by atoms with Gasteiger partial charge in [0.25, 0.3) is 0 Å². The number of nitrogens with zero attached hydrogens (tertiary/aromatic N) is 3. The number of piperazine rings is 1. The molecule has 2 heterocycles. The number of pyridine rings is 1. The van der Waals surface area contributed by atoms with Crippen molar-refractivity contribution < 1.29 is 14.3 Å². The van der Waals surface area contributed by atoms with Gasteiger partial charge in [-0.3, -0.25) is 14.7 Å². The average Bonchev–Trinajstić information content (AvgIpc) is 2.74. The van der Waals surface area contributed by atoms with Crippen molar-refractivity contribution in [3.05, 3.63) is 70.6 Å². The lowest BCUT2D eigenvalue weighted by molar-refractivity contribution is -0.00406. The number of halogens is 2. The molecule has 2 aromatic carbocycles. The molecular weight excluding hydrogens is 393 g/mol. The number of carbonyl (C=O) groups excluding carboxylic acids is 1. The Bertz CT molecular complexity index is 1070. The summed E-state index contributed by atoms with van der Waals surface area (Å²) in [7, 11) is 0. The molecule has 1 unspecified atom stereocenters. The highest BCUT2D eigenvalue weighted by atomic mass is 35.5. The van der Waals surface area contributed by atoms with Crippen molar-refractivity contribution in [1.29, 1.82) is 0 Å². The van der Waals surface area contributed by atoms with E-state index in [1.165, 1.54) is 13.0 Å². The highest BCUT2D eigenvalue weighted by molar-refractivity contribution is 6.36. The Kier molecular flexibility index (Phi) is 5.50. The third-order valence-corrected chi connectivity index (χ3v) is 5.67. The Morgan fingerprint density at radius 3 is 2.59 bits per heavy atom. The second kappa shape index (κ2) is 8.06. The number of hydrogen-bond donors (Lipinski definition) is 1. The highest BCUT2D eigenvalue weighted by Gasteiger charge is 2.28. The maximum atomic E-state index is 14.0. The molecule has 1 atom stereocenters. The zero-order valence-corrected chi connectivity index (χ0v) is 16.7. The highest BCUT2D eigenvalue weighted by Crippen LogP contribution is 2.36. The van der Waals surface area contributed by atoms with Crippen LogP contribution in [0.2, 0.25) is 5.02 Å². The second-order valence-electron chi connectivity index (χ2n) is 7.13. The maximum Gasteiger partial charge on any atom is 0.162 e. The molecule has 1 aliphatic heterocycles. The Labute approximate surface area is 173 Å². The minimum Gasteiger partial charge on any atom is -0.374 e. The van der Waals surface area contributed by atoms with Gasteiger partial charge in [-0.25, -0.2) is 4.39 Å². The number of anilines is 1. The van der Waals surface area contributed by atoms with Crippen LogP contribution in [0.3, 0.4) is 0 Å². The molecule has 7 heteroatoms. The van der Waals surface area contributed by atoms with Gasteiger partial charge in [0.15, 0.2) is 5.78 Å². The number of aliphatic hydroxyl groups is 1. The number of aliphatic hydroxyl groups excluding tert-OH is 1. The van der Waals surface area contributed by atoms with Crippen LogP contribution in [0.15, 0.2) is 48.7 Å². The Balaban J connectivity index is 1.63. The van der Waals surface area contributed by atoms with Crippen molar-refractivity contribution in [3.8, 4) is 0 Å². The van der Waals surface area contributed by atoms with Crippen LogP contribution in [0.4, 0.5) is 10.1 Å². The molecule has 29 heavy (non-hydrogen) atoms. The third-order valence-electron chi connectivity index (χ3n) is 5.35. The van der Waals surface area contributed by atoms with E-state index in [9.17, 15) is 14.3 Å². The second-order valence-corrected chi connectivity index (χ2v) is 7.54. The molecule has 0 bridgehead atoms. The molecule has 4 rings (SSSR count). The zero-order valence-electron chi connectivity index (χ0n) is 16.0. The van der Waals surface area contributed by atoms with Crippen molar-refractivity contribution in [2.75, 3.05) is 31.1 Å². The van der Waals surface area contributed by atoms with Gasteiger partial charge in [0, 0.05) is 48.9 Å². The molecule has 0 radical (unpaired) electrons. The number of ketones is 1. The molecule has 1 aromatic heterocycles. The fourth-order valence-electron chi connectivity index (χ4n) is 3.85. The Hall–Kier alpha value is -2.54. The van der Waals surface area contributed by atoms with E-state index in [0.29, 0.717) is 42.3 Å². The minimum absolute atomic E-state index is 0.0803. The van der Waals surface area contributed by atoms with Crippen LogP contribution >= 0.6 is 11.6 Å². The van der Waals surface area contributed by atoms with Crippen molar-refractivity contribution >= 4 is 34.0 Å². The van der Waals surface area contributed by atoms with Gasteiger partial charge in [-0.1, -0.05) is 29.8 Å². The molecule has 5 nitrogen and oxygen atoms in total. The monoisotopic (exact) mass is 413 g/mol. The lowest BCUT2D eigenvalue weighted by atomic mass is 10.0. The molecule has 1 N–H and O–H groups in total. The van der Waals surface area contributed by atoms with Crippen molar-refractivity contribution in [2.24, 2.45) is 0 Å². The quantitative estimate of drug-likeness (QED) is 0.654. The van der Waals surface area contributed by atoms with Gasteiger partial charge < -0.3 is 10.0 Å². The van der Waals surface area contributed by atoms with Crippen LogP contribution in [0, 0.1) is 5.82 Å². The Morgan fingerprint density at radius 1 is 1.17 bits per heavy atom. The first-order valence-corrected chi connectivity index (χ1v) is 9.85. The number of rotatable bonds is 4. The van der Waals surface area contributed by atoms with Crippen molar-refractivity contribution in [2.45, 2.75) is 13.2 Å². The van der Waals surface area contributed by atoms with E-state index in [-0.39, 0.29) is 11.3 Å². The van der Waals surface area contributed by atoms with Gasteiger partial charge in [-0.05, 0) is 31.2 Å². The zero-order chi connectivity index (χ0) is 20.5. The lowest BCUT2D eigenvalue weighted by Gasteiger charge is -2.39. The van der Waals surface area contributed by atoms with Crippen LogP contribution in [-0.4, -0.2) is 47.0 Å². The van der Waals surface area contributed by atoms with Crippen LogP contribution in [0.1, 0.15) is 29.1 Å². The van der Waals surface area contributed by atoms with E-state index in [2.05, 4.69) is 9.88 Å². The number of carbonyl (C=O) groups is 1. The summed E-state index contributed by atoms with van der Waals surface area (Å²) < 4.78 is 14.0. The molecule has 1 saturated heterocycles. The van der Waals surface area contributed by atoms with Gasteiger partial charge in [0.2, 0.25) is 0 Å². The van der Waals surface area contributed by atoms with E-state index in [1.54, 1.807) is 30.5 Å². The summed E-state index contributed by atoms with van der Waals surface area (Å²) >= 11 is 6.38. The van der Waals surface area contributed by atoms with Gasteiger partial charge in [0.05, 0.1) is 16.2 Å². The van der Waals surface area contributed by atoms with E-state index in [0.717, 1.165) is 11.1 Å². The fraction of sp³-hybridized carbons (Fsp3) is 0.273. The van der Waals surface area contributed by atoms with Crippen LogP contribution in [0.5, 0.6) is 0 Å². The van der Waals surface area contributed by atoms with Crippen molar-refractivity contribution in [1.82, 2.24) is 9.88 Å². The minimum atomic E-state index is -1.01. The molecular formula is C22H21ClFN3O2. The topological polar surface area (TPSA) is 56.7 Å². The number of benzene rings is 2. The number of hydrogen-bond acceptors (Lipinski definition) is 5. The van der Waals surface area contributed by atoms with Crippen LogP contribution in [0.25, 0.3) is 10.9 Å². The normalized spacial score (nSPS) is 16.2. The smallest absolute Gasteiger partial charge is 0.162 e. The first kappa shape index (κ1) is 19.8. The maximum absolute atomic E-state index is 14.0. The summed E-state index contributed by atoms with van der Waals surface area (Å²) in [6, 6.07) is 11.7. The summed E-state index contributed by atoms with van der Waals surface area (Å²) in [5.74, 6) is -0.502. The van der Waals surface area contributed by atoms with Crippen molar-refractivity contribution in [3.63, 3.8) is 0 Å². The van der Waals surface area contributed by atoms with E-state index in [1.807, 2.05) is 17.0 Å². The molecule has 0 spiro atoms. The summed E-state index contributed by atoms with van der Waals surface area (Å²) in [6.07, 6.45) is 0.676. The summed E-state index contributed by atoms with van der Waals surface area (Å²) in [4.78, 5) is 20.7. The summed E-state index contributed by atoms with van der Waals surface area (Å²) in [6.45, 7) is 3.69. The molecule has 150 valence electrons. The number of Topliss-reactive ketones (excluding diaryl/α,β-unsaturated/α-hetero) is 1. The van der Waals surface area contributed by atoms with E-state index < -0.39 is 12.0 Å². The average molecular weight is 414 g/mol. The molecule has 0 aliphatic carbocycles. The predicted octanol–water partition coefficient (Wildman–Crippen LogP) is 4.04. The first-order chi connectivity index (χ1) is 14.0. The van der Waals surface area contributed by atoms with Gasteiger partial charge >= 0.3 is 0 Å². The largest absolute Gasteiger partial charge is 0.374 e. The number of aromatic nitrogens is 1. The molecule has 0 saturated carbocycles. The van der Waals surface area contributed by atoms with Crippen LogP contribution < -0.4 is 4.90 Å². The molecule has 1 fully saturated rings. The van der Waals surface area contributed by atoms with Gasteiger partial charge in [0.1, 0.15) is 12.0 Å². The fourth-order valence-corrected chi connectivity index (χ4v) is 4.11. The van der Waals surface area contributed by atoms with E-state index in [4.69, 9.17) is 11.6 Å². The predicted molar refractivity (Wildman–Crippen MR) is 112 cm³/mol. The van der Waals surface area contributed by atoms with Gasteiger partial charge in [-0.15, -0.1) is 0 Å². The molecule has 0 amide bonds. The standard InChI is InChI=1S/C22H21ClFN3O2/c1-14(28)17-13-18(23)15-6-4-8-25-20(15)21(17)26-9-11-27(12-10-26)22(29)16-5-2-3-7-19(16)24/h2-8,13,22,29H,9-12H2,1H3. The van der Waals surface area contributed by atoms with Crippen LogP contribution in [-0.2, 0) is 0 Å².